The van der Waals surface area contributed by atoms with Crippen LogP contribution in [0.2, 0.25) is 0 Å². The second-order valence-corrected chi connectivity index (χ2v) is 7.05. The van der Waals surface area contributed by atoms with E-state index in [0.717, 1.165) is 38.2 Å². The number of carbonyl (C=O) groups excluding carboxylic acids is 1. The monoisotopic (exact) mass is 345 g/mol. The van der Waals surface area contributed by atoms with Gasteiger partial charge in [0.15, 0.2) is 5.82 Å². The van der Waals surface area contributed by atoms with Gasteiger partial charge >= 0.3 is 6.03 Å². The third kappa shape index (κ3) is 4.42. The molecule has 0 aliphatic carbocycles. The van der Waals surface area contributed by atoms with E-state index in [1.165, 1.54) is 0 Å². The largest absolute Gasteiger partial charge is 0.467 e. The maximum atomic E-state index is 12.8. The van der Waals surface area contributed by atoms with Crippen LogP contribution in [0.1, 0.15) is 31.6 Å². The van der Waals surface area contributed by atoms with E-state index in [0.29, 0.717) is 11.7 Å². The molecule has 0 bridgehead atoms. The summed E-state index contributed by atoms with van der Waals surface area (Å²) in [6.07, 6.45) is 5.47. The summed E-state index contributed by atoms with van der Waals surface area (Å²) in [5.41, 5.74) is 0. The number of nitrogens with zero attached hydrogens (tertiary/aromatic N) is 4. The number of furan rings is 1. The van der Waals surface area contributed by atoms with Gasteiger partial charge in [0.05, 0.1) is 18.8 Å². The van der Waals surface area contributed by atoms with Gasteiger partial charge in [-0.2, -0.15) is 5.10 Å². The molecule has 2 atom stereocenters. The number of likely N-dealkylation sites (N-methyl/N-ethyl adjacent to an activating group) is 1. The number of hydrogen-bond donors (Lipinski definition) is 1. The summed E-state index contributed by atoms with van der Waals surface area (Å²) >= 11 is 0. The van der Waals surface area contributed by atoms with Crippen LogP contribution in [0.3, 0.4) is 0 Å². The fourth-order valence-electron chi connectivity index (χ4n) is 3.17. The molecule has 1 fully saturated rings. The number of anilines is 1. The van der Waals surface area contributed by atoms with Crippen molar-refractivity contribution in [2.75, 3.05) is 32.5 Å². The molecule has 0 spiro atoms. The van der Waals surface area contributed by atoms with E-state index in [4.69, 9.17) is 4.42 Å². The molecule has 7 nitrogen and oxygen atoms in total. The second-order valence-electron chi connectivity index (χ2n) is 7.05. The van der Waals surface area contributed by atoms with E-state index in [9.17, 15) is 4.79 Å². The molecule has 25 heavy (non-hydrogen) atoms. The topological polar surface area (TPSA) is 66.5 Å². The number of piperidine rings is 1. The molecule has 1 saturated heterocycles. The van der Waals surface area contributed by atoms with Gasteiger partial charge < -0.3 is 14.2 Å². The third-order valence-electron chi connectivity index (χ3n) is 4.65. The molecule has 1 aliphatic rings. The van der Waals surface area contributed by atoms with E-state index < -0.39 is 0 Å². The van der Waals surface area contributed by atoms with Gasteiger partial charge in [0.1, 0.15) is 5.76 Å². The van der Waals surface area contributed by atoms with Gasteiger partial charge in [0.2, 0.25) is 0 Å². The number of carbonyl (C=O) groups is 1. The highest BCUT2D eigenvalue weighted by atomic mass is 16.3. The molecule has 1 aliphatic heterocycles. The molecule has 7 heteroatoms. The minimum absolute atomic E-state index is 0.0189. The summed E-state index contributed by atoms with van der Waals surface area (Å²) in [5, 5.41) is 7.35. The van der Waals surface area contributed by atoms with Crippen molar-refractivity contribution in [2.24, 2.45) is 5.92 Å². The summed E-state index contributed by atoms with van der Waals surface area (Å²) in [7, 11) is 4.05. The Hall–Kier alpha value is -2.28. The van der Waals surface area contributed by atoms with Gasteiger partial charge in [0.25, 0.3) is 0 Å². The first-order valence-electron chi connectivity index (χ1n) is 8.82. The number of likely N-dealkylation sites (tertiary alicyclic amines) is 1. The van der Waals surface area contributed by atoms with Crippen molar-refractivity contribution in [3.05, 3.63) is 36.4 Å². The molecule has 3 heterocycles. The molecule has 2 aromatic heterocycles. The van der Waals surface area contributed by atoms with Crippen LogP contribution in [0.5, 0.6) is 0 Å². The quantitative estimate of drug-likeness (QED) is 0.904. The highest BCUT2D eigenvalue weighted by molar-refractivity contribution is 5.88. The van der Waals surface area contributed by atoms with E-state index in [1.807, 2.05) is 48.1 Å². The maximum Gasteiger partial charge on any atom is 0.323 e. The summed E-state index contributed by atoms with van der Waals surface area (Å²) in [5.74, 6) is 2.00. The molecule has 3 rings (SSSR count). The summed E-state index contributed by atoms with van der Waals surface area (Å²) in [6.45, 7) is 4.63. The Morgan fingerprint density at radius 2 is 2.28 bits per heavy atom. The molecule has 2 amide bonds. The van der Waals surface area contributed by atoms with E-state index in [2.05, 4.69) is 22.2 Å². The summed E-state index contributed by atoms with van der Waals surface area (Å²) in [4.78, 5) is 16.7. The molecule has 1 N–H and O–H groups in total. The fourth-order valence-corrected chi connectivity index (χ4v) is 3.17. The first-order chi connectivity index (χ1) is 12.0. The van der Waals surface area contributed by atoms with Crippen LogP contribution in [0.25, 0.3) is 0 Å². The standard InChI is InChI=1S/C18H27N5O2/c1-14-6-9-23(15(13-14)16-5-4-12-25-16)18(24)19-17-7-8-22(20-17)11-10-21(2)3/h4-5,7-8,12,14-15H,6,9-11,13H2,1-3H3,(H,19,20,24)/t14-,15-/m0/s1. The highest BCUT2D eigenvalue weighted by Crippen LogP contribution is 2.34. The number of rotatable bonds is 5. The smallest absolute Gasteiger partial charge is 0.323 e. The molecule has 0 aromatic carbocycles. The maximum absolute atomic E-state index is 12.8. The van der Waals surface area contributed by atoms with Gasteiger partial charge in [0, 0.05) is 25.4 Å². The predicted octanol–water partition coefficient (Wildman–Crippen LogP) is 3.04. The zero-order chi connectivity index (χ0) is 17.8. The number of nitrogens with one attached hydrogen (secondary N) is 1. The number of hydrogen-bond acceptors (Lipinski definition) is 4. The Morgan fingerprint density at radius 1 is 1.44 bits per heavy atom. The van der Waals surface area contributed by atoms with Gasteiger partial charge in [-0.3, -0.25) is 10.00 Å². The van der Waals surface area contributed by atoms with Crippen LogP contribution in [0.15, 0.2) is 35.1 Å². The van der Waals surface area contributed by atoms with Gasteiger partial charge in [-0.25, -0.2) is 4.79 Å². The lowest BCUT2D eigenvalue weighted by atomic mass is 9.91. The molecule has 0 unspecified atom stereocenters. The molecule has 136 valence electrons. The van der Waals surface area contributed by atoms with E-state index >= 15 is 0 Å². The normalized spacial score (nSPS) is 20.9. The second kappa shape index (κ2) is 7.74. The van der Waals surface area contributed by atoms with Gasteiger partial charge in [-0.1, -0.05) is 6.92 Å². The minimum Gasteiger partial charge on any atom is -0.467 e. The SMILES string of the molecule is C[C@H]1CCN(C(=O)Nc2ccn(CCN(C)C)n2)[C@H](c2ccco2)C1. The van der Waals surface area contributed by atoms with E-state index in [-0.39, 0.29) is 12.1 Å². The Balaban J connectivity index is 1.65. The van der Waals surface area contributed by atoms with Crippen molar-refractivity contribution >= 4 is 11.8 Å². The molecule has 0 radical (unpaired) electrons. The average molecular weight is 345 g/mol. The highest BCUT2D eigenvalue weighted by Gasteiger charge is 2.33. The Morgan fingerprint density at radius 3 is 3.00 bits per heavy atom. The van der Waals surface area contributed by atoms with Crippen molar-refractivity contribution in [2.45, 2.75) is 32.4 Å². The van der Waals surface area contributed by atoms with Gasteiger partial charge in [-0.15, -0.1) is 0 Å². The first-order valence-corrected chi connectivity index (χ1v) is 8.82. The van der Waals surface area contributed by atoms with Crippen LogP contribution in [-0.4, -0.2) is 52.8 Å². The Kier molecular flexibility index (Phi) is 5.43. The predicted molar refractivity (Wildman–Crippen MR) is 96.4 cm³/mol. The zero-order valence-electron chi connectivity index (χ0n) is 15.2. The number of urea groups is 1. The first kappa shape index (κ1) is 17.5. The van der Waals surface area contributed by atoms with Gasteiger partial charge in [-0.05, 0) is 45.0 Å². The van der Waals surface area contributed by atoms with Crippen molar-refractivity contribution in [1.82, 2.24) is 19.6 Å². The third-order valence-corrected chi connectivity index (χ3v) is 4.65. The van der Waals surface area contributed by atoms with Crippen molar-refractivity contribution < 1.29 is 9.21 Å². The Labute approximate surface area is 148 Å². The summed E-state index contributed by atoms with van der Waals surface area (Å²) in [6, 6.07) is 5.51. The van der Waals surface area contributed by atoms with Crippen LogP contribution in [-0.2, 0) is 6.54 Å². The zero-order valence-corrected chi connectivity index (χ0v) is 15.2. The lowest BCUT2D eigenvalue weighted by Crippen LogP contribution is -2.42. The lowest BCUT2D eigenvalue weighted by Gasteiger charge is -2.37. The number of aromatic nitrogens is 2. The molecule has 0 saturated carbocycles. The van der Waals surface area contributed by atoms with Crippen molar-refractivity contribution in [1.29, 1.82) is 0 Å². The minimum atomic E-state index is -0.119. The molecular weight excluding hydrogens is 318 g/mol. The van der Waals surface area contributed by atoms with Crippen LogP contribution in [0, 0.1) is 5.92 Å². The lowest BCUT2D eigenvalue weighted by molar-refractivity contribution is 0.129. The van der Waals surface area contributed by atoms with Crippen LogP contribution < -0.4 is 5.32 Å². The molecule has 2 aromatic rings. The van der Waals surface area contributed by atoms with Crippen LogP contribution in [0.4, 0.5) is 10.6 Å². The number of amides is 2. The van der Waals surface area contributed by atoms with Crippen LogP contribution >= 0.6 is 0 Å². The van der Waals surface area contributed by atoms with E-state index in [1.54, 1.807) is 6.26 Å². The van der Waals surface area contributed by atoms with Crippen molar-refractivity contribution in [3.63, 3.8) is 0 Å². The summed E-state index contributed by atoms with van der Waals surface area (Å²) < 4.78 is 7.41. The Bertz CT molecular complexity index is 679. The fraction of sp³-hybridized carbons (Fsp3) is 0.556. The molecular formula is C18H27N5O2. The van der Waals surface area contributed by atoms with Crippen molar-refractivity contribution in [3.8, 4) is 0 Å². The average Bonchev–Trinajstić information content (AvgIpc) is 3.24.